The van der Waals surface area contributed by atoms with Gasteiger partial charge in [-0.1, -0.05) is 71.3 Å². The van der Waals surface area contributed by atoms with Gasteiger partial charge in [0, 0.05) is 24.2 Å². The zero-order valence-electron chi connectivity index (χ0n) is 16.6. The Hall–Kier alpha value is -2.49. The summed E-state index contributed by atoms with van der Waals surface area (Å²) in [5, 5.41) is 4.09. The second-order valence-corrected chi connectivity index (χ2v) is 7.37. The van der Waals surface area contributed by atoms with Gasteiger partial charge in [-0.2, -0.15) is 0 Å². The molecule has 0 atom stereocenters. The van der Waals surface area contributed by atoms with Crippen LogP contribution < -0.4 is 14.8 Å². The summed E-state index contributed by atoms with van der Waals surface area (Å²) in [6, 6.07) is 20.5. The summed E-state index contributed by atoms with van der Waals surface area (Å²) in [7, 11) is 1.64. The highest BCUT2D eigenvalue weighted by Gasteiger charge is 2.11. The zero-order valence-corrected chi connectivity index (χ0v) is 17.3. The van der Waals surface area contributed by atoms with Gasteiger partial charge in [0.15, 0.2) is 11.5 Å². The predicted octanol–water partition coefficient (Wildman–Crippen LogP) is 5.83. The fourth-order valence-corrected chi connectivity index (χ4v) is 3.10. The van der Waals surface area contributed by atoms with Crippen LogP contribution in [-0.2, 0) is 19.7 Å². The second-order valence-electron chi connectivity index (χ2n) is 6.96. The molecule has 146 valence electrons. The molecule has 0 amide bonds. The van der Waals surface area contributed by atoms with E-state index in [1.165, 1.54) is 16.7 Å². The van der Waals surface area contributed by atoms with Crippen molar-refractivity contribution in [3.05, 3.63) is 93.5 Å². The molecule has 3 rings (SSSR count). The van der Waals surface area contributed by atoms with E-state index >= 15 is 0 Å². The number of nitrogens with one attached hydrogen (secondary N) is 1. The molecule has 28 heavy (non-hydrogen) atoms. The lowest BCUT2D eigenvalue weighted by molar-refractivity contribution is 0.284. The maximum absolute atomic E-state index is 6.49. The lowest BCUT2D eigenvalue weighted by Gasteiger charge is -2.14. The first-order valence-electron chi connectivity index (χ1n) is 9.36. The number of methoxy groups -OCH3 is 1. The molecular formula is C24H26ClNO2. The maximum atomic E-state index is 6.49. The van der Waals surface area contributed by atoms with Crippen LogP contribution in [0.1, 0.15) is 27.8 Å². The minimum Gasteiger partial charge on any atom is -0.493 e. The normalized spacial score (nSPS) is 10.7. The van der Waals surface area contributed by atoms with Crippen molar-refractivity contribution in [2.45, 2.75) is 33.5 Å². The van der Waals surface area contributed by atoms with Gasteiger partial charge in [0.25, 0.3) is 0 Å². The minimum atomic E-state index is 0.470. The smallest absolute Gasteiger partial charge is 0.163 e. The lowest BCUT2D eigenvalue weighted by atomic mass is 10.1. The quantitative estimate of drug-likeness (QED) is 0.520. The summed E-state index contributed by atoms with van der Waals surface area (Å²) in [4.78, 5) is 0. The molecular weight excluding hydrogens is 370 g/mol. The van der Waals surface area contributed by atoms with Gasteiger partial charge in [-0.25, -0.2) is 0 Å². The molecule has 1 N–H and O–H groups in total. The average Bonchev–Trinajstić information content (AvgIpc) is 2.70. The Kier molecular flexibility index (Phi) is 6.96. The van der Waals surface area contributed by atoms with E-state index in [0.29, 0.717) is 29.7 Å². The van der Waals surface area contributed by atoms with Crippen LogP contribution in [0.3, 0.4) is 0 Å². The van der Waals surface area contributed by atoms with Crippen LogP contribution in [0.4, 0.5) is 0 Å². The van der Waals surface area contributed by atoms with Gasteiger partial charge in [-0.3, -0.25) is 0 Å². The fourth-order valence-electron chi connectivity index (χ4n) is 2.88. The molecule has 0 radical (unpaired) electrons. The molecule has 0 fully saturated rings. The van der Waals surface area contributed by atoms with Crippen LogP contribution in [0.2, 0.25) is 5.02 Å². The summed E-state index contributed by atoms with van der Waals surface area (Å²) < 4.78 is 11.5. The van der Waals surface area contributed by atoms with E-state index in [2.05, 4.69) is 67.7 Å². The predicted molar refractivity (Wildman–Crippen MR) is 115 cm³/mol. The number of halogens is 1. The third-order valence-electron chi connectivity index (χ3n) is 4.61. The first-order chi connectivity index (χ1) is 13.5. The number of benzene rings is 3. The van der Waals surface area contributed by atoms with Gasteiger partial charge in [-0.15, -0.1) is 0 Å². The number of aryl methyl sites for hydroxylation is 2. The second kappa shape index (κ2) is 9.63. The molecule has 0 bridgehead atoms. The van der Waals surface area contributed by atoms with E-state index in [4.69, 9.17) is 21.1 Å². The van der Waals surface area contributed by atoms with Crippen molar-refractivity contribution in [3.8, 4) is 11.5 Å². The van der Waals surface area contributed by atoms with Gasteiger partial charge >= 0.3 is 0 Å². The number of hydrogen-bond donors (Lipinski definition) is 1. The molecule has 4 heteroatoms. The Morgan fingerprint density at radius 1 is 0.786 bits per heavy atom. The van der Waals surface area contributed by atoms with Gasteiger partial charge in [-0.05, 0) is 36.6 Å². The third kappa shape index (κ3) is 5.51. The van der Waals surface area contributed by atoms with Gasteiger partial charge in [0.1, 0.15) is 6.61 Å². The van der Waals surface area contributed by atoms with E-state index in [9.17, 15) is 0 Å². The number of rotatable bonds is 8. The molecule has 3 aromatic rings. The van der Waals surface area contributed by atoms with E-state index in [-0.39, 0.29) is 0 Å². The molecule has 0 aliphatic rings. The van der Waals surface area contributed by atoms with Crippen molar-refractivity contribution in [2.24, 2.45) is 0 Å². The summed E-state index contributed by atoms with van der Waals surface area (Å²) in [6.45, 7) is 6.06. The van der Waals surface area contributed by atoms with E-state index in [1.54, 1.807) is 7.11 Å². The zero-order chi connectivity index (χ0) is 19.9. The molecule has 0 heterocycles. The first kappa shape index (κ1) is 20.2. The maximum Gasteiger partial charge on any atom is 0.163 e. The van der Waals surface area contributed by atoms with Crippen molar-refractivity contribution in [2.75, 3.05) is 7.11 Å². The highest BCUT2D eigenvalue weighted by Crippen LogP contribution is 2.34. The summed E-state index contributed by atoms with van der Waals surface area (Å²) in [5.41, 5.74) is 5.82. The fraction of sp³-hybridized carbons (Fsp3) is 0.250. The van der Waals surface area contributed by atoms with Gasteiger partial charge in [0.2, 0.25) is 0 Å². The number of hydrogen-bond acceptors (Lipinski definition) is 3. The SMILES string of the molecule is COc1cc(CNCc2ccc(C)cc2)c(Cl)cc1OCc1ccc(C)cc1. The monoisotopic (exact) mass is 395 g/mol. The first-order valence-corrected chi connectivity index (χ1v) is 9.74. The minimum absolute atomic E-state index is 0.470. The topological polar surface area (TPSA) is 30.5 Å². The summed E-state index contributed by atoms with van der Waals surface area (Å²) in [6.07, 6.45) is 0. The highest BCUT2D eigenvalue weighted by molar-refractivity contribution is 6.31. The van der Waals surface area contributed by atoms with Crippen molar-refractivity contribution in [1.29, 1.82) is 0 Å². The van der Waals surface area contributed by atoms with Crippen LogP contribution >= 0.6 is 11.6 Å². The van der Waals surface area contributed by atoms with E-state index in [0.717, 1.165) is 17.7 Å². The van der Waals surface area contributed by atoms with Crippen molar-refractivity contribution >= 4 is 11.6 Å². The van der Waals surface area contributed by atoms with Crippen LogP contribution in [0.5, 0.6) is 11.5 Å². The Morgan fingerprint density at radius 2 is 1.39 bits per heavy atom. The van der Waals surface area contributed by atoms with Crippen LogP contribution in [0, 0.1) is 13.8 Å². The lowest BCUT2D eigenvalue weighted by Crippen LogP contribution is -2.13. The van der Waals surface area contributed by atoms with E-state index in [1.807, 2.05) is 12.1 Å². The molecule has 0 saturated heterocycles. The standard InChI is InChI=1S/C24H26ClNO2/c1-17-4-8-19(9-5-17)14-26-15-21-12-23(27-3)24(13-22(21)25)28-16-20-10-6-18(2)7-11-20/h4-13,26H,14-16H2,1-3H3. The van der Waals surface area contributed by atoms with Gasteiger partial charge in [0.05, 0.1) is 7.11 Å². The molecule has 0 aliphatic heterocycles. The molecule has 0 aromatic heterocycles. The summed E-state index contributed by atoms with van der Waals surface area (Å²) >= 11 is 6.49. The molecule has 0 aliphatic carbocycles. The Bertz CT molecular complexity index is 905. The van der Waals surface area contributed by atoms with Crippen molar-refractivity contribution in [3.63, 3.8) is 0 Å². The van der Waals surface area contributed by atoms with Crippen LogP contribution in [-0.4, -0.2) is 7.11 Å². The highest BCUT2D eigenvalue weighted by atomic mass is 35.5. The Morgan fingerprint density at radius 3 is 2.00 bits per heavy atom. The van der Waals surface area contributed by atoms with Crippen LogP contribution in [0.15, 0.2) is 60.7 Å². The summed E-state index contributed by atoms with van der Waals surface area (Å²) in [5.74, 6) is 1.33. The van der Waals surface area contributed by atoms with Crippen molar-refractivity contribution < 1.29 is 9.47 Å². The van der Waals surface area contributed by atoms with E-state index < -0.39 is 0 Å². The van der Waals surface area contributed by atoms with Crippen LogP contribution in [0.25, 0.3) is 0 Å². The third-order valence-corrected chi connectivity index (χ3v) is 4.96. The number of ether oxygens (including phenoxy) is 2. The Balaban J connectivity index is 1.63. The molecule has 3 nitrogen and oxygen atoms in total. The molecule has 0 saturated carbocycles. The average molecular weight is 396 g/mol. The van der Waals surface area contributed by atoms with Crippen molar-refractivity contribution in [1.82, 2.24) is 5.32 Å². The molecule has 3 aromatic carbocycles. The van der Waals surface area contributed by atoms with Gasteiger partial charge < -0.3 is 14.8 Å². The Labute approximate surface area is 172 Å². The molecule has 0 unspecified atom stereocenters. The largest absolute Gasteiger partial charge is 0.493 e. The molecule has 0 spiro atoms.